The monoisotopic (exact) mass is 263 g/mol. The molecule has 1 aromatic carbocycles. The molecule has 0 unspecified atom stereocenters. The van der Waals surface area contributed by atoms with Crippen molar-refractivity contribution in [2.75, 3.05) is 26.5 Å². The SMILES string of the molecule is CC(=O)c1ccc(NC(=O)N(C)C(=O)N(C)C)cc1. The molecule has 0 spiro atoms. The van der Waals surface area contributed by atoms with Gasteiger partial charge in [0, 0.05) is 32.4 Å². The first-order chi connectivity index (χ1) is 8.82. The molecular formula is C13H17N3O3. The highest BCUT2D eigenvalue weighted by molar-refractivity contribution is 6.00. The average Bonchev–Trinajstić information content (AvgIpc) is 2.37. The van der Waals surface area contributed by atoms with Crippen molar-refractivity contribution in [1.29, 1.82) is 0 Å². The number of carbonyl (C=O) groups is 3. The summed E-state index contributed by atoms with van der Waals surface area (Å²) in [5.74, 6) is -0.0437. The molecule has 19 heavy (non-hydrogen) atoms. The van der Waals surface area contributed by atoms with Gasteiger partial charge < -0.3 is 10.2 Å². The number of hydrogen-bond donors (Lipinski definition) is 1. The Hall–Kier alpha value is -2.37. The number of hydrogen-bond acceptors (Lipinski definition) is 3. The molecule has 0 bridgehead atoms. The number of carbonyl (C=O) groups excluding carboxylic acids is 3. The molecule has 0 aliphatic carbocycles. The Bertz CT molecular complexity index is 494. The molecule has 0 aliphatic rings. The van der Waals surface area contributed by atoms with Gasteiger partial charge in [0.15, 0.2) is 5.78 Å². The van der Waals surface area contributed by atoms with Crippen molar-refractivity contribution in [1.82, 2.24) is 9.80 Å². The summed E-state index contributed by atoms with van der Waals surface area (Å²) in [6.07, 6.45) is 0. The van der Waals surface area contributed by atoms with E-state index in [2.05, 4.69) is 5.32 Å². The molecule has 4 amide bonds. The number of nitrogens with one attached hydrogen (secondary N) is 1. The van der Waals surface area contributed by atoms with E-state index in [1.54, 1.807) is 38.4 Å². The van der Waals surface area contributed by atoms with Crippen LogP contribution in [0.4, 0.5) is 15.3 Å². The number of anilines is 1. The van der Waals surface area contributed by atoms with Crippen LogP contribution in [0.25, 0.3) is 0 Å². The molecule has 1 rings (SSSR count). The molecule has 0 radical (unpaired) electrons. The van der Waals surface area contributed by atoms with Gasteiger partial charge in [0.25, 0.3) is 0 Å². The molecule has 0 heterocycles. The van der Waals surface area contributed by atoms with E-state index in [1.807, 2.05) is 0 Å². The van der Waals surface area contributed by atoms with Gasteiger partial charge >= 0.3 is 12.1 Å². The lowest BCUT2D eigenvalue weighted by Gasteiger charge is -2.20. The number of benzene rings is 1. The second-order valence-electron chi connectivity index (χ2n) is 4.30. The lowest BCUT2D eigenvalue weighted by molar-refractivity contribution is 0.101. The van der Waals surface area contributed by atoms with E-state index < -0.39 is 12.1 Å². The molecule has 0 aromatic heterocycles. The topological polar surface area (TPSA) is 69.7 Å². The highest BCUT2D eigenvalue weighted by atomic mass is 16.2. The fourth-order valence-electron chi connectivity index (χ4n) is 1.38. The van der Waals surface area contributed by atoms with Crippen molar-refractivity contribution >= 4 is 23.5 Å². The van der Waals surface area contributed by atoms with Gasteiger partial charge in [-0.2, -0.15) is 0 Å². The number of imide groups is 1. The van der Waals surface area contributed by atoms with Crippen molar-refractivity contribution in [2.24, 2.45) is 0 Å². The van der Waals surface area contributed by atoms with Crippen LogP contribution in [0, 0.1) is 0 Å². The maximum absolute atomic E-state index is 11.8. The van der Waals surface area contributed by atoms with E-state index in [-0.39, 0.29) is 5.78 Å². The Morgan fingerprint density at radius 2 is 1.53 bits per heavy atom. The van der Waals surface area contributed by atoms with Crippen LogP contribution >= 0.6 is 0 Å². The predicted octanol–water partition coefficient (Wildman–Crippen LogP) is 2.03. The number of nitrogens with zero attached hydrogens (tertiary/aromatic N) is 2. The summed E-state index contributed by atoms with van der Waals surface area (Å²) in [6.45, 7) is 1.47. The summed E-state index contributed by atoms with van der Waals surface area (Å²) in [5, 5.41) is 2.57. The van der Waals surface area contributed by atoms with Crippen molar-refractivity contribution in [3.8, 4) is 0 Å². The zero-order valence-corrected chi connectivity index (χ0v) is 11.4. The number of amides is 4. The van der Waals surface area contributed by atoms with Crippen LogP contribution in [0.2, 0.25) is 0 Å². The first kappa shape index (κ1) is 14.7. The number of ketones is 1. The minimum absolute atomic E-state index is 0.0437. The Balaban J connectivity index is 2.72. The minimum atomic E-state index is -0.533. The summed E-state index contributed by atoms with van der Waals surface area (Å²) in [4.78, 5) is 36.7. The predicted molar refractivity (Wildman–Crippen MR) is 72.3 cm³/mol. The zero-order valence-electron chi connectivity index (χ0n) is 11.4. The lowest BCUT2D eigenvalue weighted by atomic mass is 10.1. The summed E-state index contributed by atoms with van der Waals surface area (Å²) < 4.78 is 0. The van der Waals surface area contributed by atoms with E-state index >= 15 is 0 Å². The molecule has 0 saturated heterocycles. The van der Waals surface area contributed by atoms with Gasteiger partial charge in [-0.15, -0.1) is 0 Å². The first-order valence-corrected chi connectivity index (χ1v) is 5.70. The third kappa shape index (κ3) is 3.80. The van der Waals surface area contributed by atoms with Crippen LogP contribution < -0.4 is 5.32 Å². The Morgan fingerprint density at radius 1 is 1.00 bits per heavy atom. The zero-order chi connectivity index (χ0) is 14.6. The largest absolute Gasteiger partial charge is 0.330 e. The van der Waals surface area contributed by atoms with E-state index in [0.717, 1.165) is 4.90 Å². The van der Waals surface area contributed by atoms with E-state index in [4.69, 9.17) is 0 Å². The molecule has 0 atom stereocenters. The van der Waals surface area contributed by atoms with E-state index in [0.29, 0.717) is 11.3 Å². The van der Waals surface area contributed by atoms with Gasteiger partial charge in [-0.05, 0) is 31.2 Å². The molecule has 102 valence electrons. The summed E-state index contributed by atoms with van der Waals surface area (Å²) in [6, 6.07) is 5.51. The van der Waals surface area contributed by atoms with Crippen molar-refractivity contribution in [3.63, 3.8) is 0 Å². The van der Waals surface area contributed by atoms with Crippen molar-refractivity contribution in [2.45, 2.75) is 6.92 Å². The fraction of sp³-hybridized carbons (Fsp3) is 0.308. The Morgan fingerprint density at radius 3 is 1.95 bits per heavy atom. The van der Waals surface area contributed by atoms with E-state index in [9.17, 15) is 14.4 Å². The quantitative estimate of drug-likeness (QED) is 0.830. The Labute approximate surface area is 112 Å². The molecule has 0 aliphatic heterocycles. The number of urea groups is 2. The molecule has 0 fully saturated rings. The van der Waals surface area contributed by atoms with Crippen molar-refractivity contribution in [3.05, 3.63) is 29.8 Å². The normalized spacial score (nSPS) is 9.68. The molecular weight excluding hydrogens is 246 g/mol. The third-order valence-corrected chi connectivity index (χ3v) is 2.52. The van der Waals surface area contributed by atoms with Gasteiger partial charge in [-0.3, -0.25) is 4.79 Å². The lowest BCUT2D eigenvalue weighted by Crippen LogP contribution is -2.42. The minimum Gasteiger partial charge on any atom is -0.330 e. The molecule has 6 nitrogen and oxygen atoms in total. The van der Waals surface area contributed by atoms with Crippen LogP contribution in [-0.4, -0.2) is 48.8 Å². The van der Waals surface area contributed by atoms with Crippen LogP contribution in [-0.2, 0) is 0 Å². The third-order valence-electron chi connectivity index (χ3n) is 2.52. The summed E-state index contributed by atoms with van der Waals surface area (Å²) in [5.41, 5.74) is 1.09. The smallest absolute Gasteiger partial charge is 0.329 e. The van der Waals surface area contributed by atoms with Gasteiger partial charge in [0.1, 0.15) is 0 Å². The number of Topliss-reactive ketones (excluding diaryl/α,β-unsaturated/α-hetero) is 1. The highest BCUT2D eigenvalue weighted by Gasteiger charge is 2.18. The second-order valence-corrected chi connectivity index (χ2v) is 4.30. The van der Waals surface area contributed by atoms with Gasteiger partial charge in [-0.25, -0.2) is 14.5 Å². The maximum Gasteiger partial charge on any atom is 0.329 e. The summed E-state index contributed by atoms with van der Waals surface area (Å²) >= 11 is 0. The van der Waals surface area contributed by atoms with Crippen LogP contribution in [0.3, 0.4) is 0 Å². The molecule has 6 heteroatoms. The Kier molecular flexibility index (Phi) is 4.63. The molecule has 1 N–H and O–H groups in total. The highest BCUT2D eigenvalue weighted by Crippen LogP contribution is 2.10. The van der Waals surface area contributed by atoms with E-state index in [1.165, 1.54) is 18.9 Å². The van der Waals surface area contributed by atoms with Gasteiger partial charge in [-0.1, -0.05) is 0 Å². The number of rotatable bonds is 2. The standard InChI is InChI=1S/C13H17N3O3/c1-9(17)10-5-7-11(8-6-10)14-12(18)16(4)13(19)15(2)3/h5-8H,1-4H3,(H,14,18). The van der Waals surface area contributed by atoms with Gasteiger partial charge in [0.05, 0.1) is 0 Å². The fourth-order valence-corrected chi connectivity index (χ4v) is 1.38. The van der Waals surface area contributed by atoms with Gasteiger partial charge in [0.2, 0.25) is 0 Å². The van der Waals surface area contributed by atoms with Crippen LogP contribution in [0.5, 0.6) is 0 Å². The maximum atomic E-state index is 11.8. The molecule has 0 saturated carbocycles. The summed E-state index contributed by atoms with van der Waals surface area (Å²) in [7, 11) is 4.52. The van der Waals surface area contributed by atoms with Crippen LogP contribution in [0.15, 0.2) is 24.3 Å². The molecule has 1 aromatic rings. The first-order valence-electron chi connectivity index (χ1n) is 5.70. The average molecular weight is 263 g/mol. The second kappa shape index (κ2) is 5.99. The van der Waals surface area contributed by atoms with Crippen molar-refractivity contribution < 1.29 is 14.4 Å². The van der Waals surface area contributed by atoms with Crippen LogP contribution in [0.1, 0.15) is 17.3 Å².